The zero-order valence-corrected chi connectivity index (χ0v) is 12.9. The molecule has 3 aliphatic rings. The summed E-state index contributed by atoms with van der Waals surface area (Å²) in [6.45, 7) is 6.40. The molecule has 1 aromatic rings. The van der Waals surface area contributed by atoms with Crippen LogP contribution < -0.4 is 0 Å². The highest BCUT2D eigenvalue weighted by Crippen LogP contribution is 2.30. The standard InChI is InChI=1S/C17H27N3O/c1-2-14(3-1)8-19-9-16(13-21-12-15-4-5-15)10-20-17(11-19)6-7-18-20/h6-7,14-16H,1-5,8-13H2. The summed E-state index contributed by atoms with van der Waals surface area (Å²) in [4.78, 5) is 2.65. The predicted octanol–water partition coefficient (Wildman–Crippen LogP) is 2.54. The minimum atomic E-state index is 0.588. The van der Waals surface area contributed by atoms with E-state index in [2.05, 4.69) is 20.7 Å². The van der Waals surface area contributed by atoms with Crippen LogP contribution in [-0.4, -0.2) is 41.0 Å². The topological polar surface area (TPSA) is 30.3 Å². The van der Waals surface area contributed by atoms with E-state index in [1.807, 2.05) is 6.20 Å². The smallest absolute Gasteiger partial charge is 0.0524 e. The molecule has 1 unspecified atom stereocenters. The summed E-state index contributed by atoms with van der Waals surface area (Å²) in [5, 5.41) is 4.50. The van der Waals surface area contributed by atoms with E-state index in [0.717, 1.165) is 38.1 Å². The van der Waals surface area contributed by atoms with Crippen LogP contribution in [0.25, 0.3) is 0 Å². The van der Waals surface area contributed by atoms with Crippen molar-refractivity contribution in [1.82, 2.24) is 14.7 Å². The van der Waals surface area contributed by atoms with Gasteiger partial charge in [-0.2, -0.15) is 5.10 Å². The van der Waals surface area contributed by atoms with Crippen molar-refractivity contribution < 1.29 is 4.74 Å². The molecule has 0 spiro atoms. The van der Waals surface area contributed by atoms with Crippen molar-refractivity contribution in [2.75, 3.05) is 26.3 Å². The zero-order valence-electron chi connectivity index (χ0n) is 12.9. The summed E-state index contributed by atoms with van der Waals surface area (Å²) in [6.07, 6.45) is 9.00. The summed E-state index contributed by atoms with van der Waals surface area (Å²) in [5.41, 5.74) is 1.37. The first-order valence-corrected chi connectivity index (χ1v) is 8.67. The summed E-state index contributed by atoms with van der Waals surface area (Å²) in [5.74, 6) is 2.39. The number of ether oxygens (including phenoxy) is 1. The molecule has 4 nitrogen and oxygen atoms in total. The molecule has 2 saturated carbocycles. The van der Waals surface area contributed by atoms with Crippen LogP contribution in [0.4, 0.5) is 0 Å². The van der Waals surface area contributed by atoms with Crippen LogP contribution >= 0.6 is 0 Å². The normalized spacial score (nSPS) is 27.1. The Balaban J connectivity index is 1.37. The highest BCUT2D eigenvalue weighted by atomic mass is 16.5. The van der Waals surface area contributed by atoms with E-state index in [4.69, 9.17) is 4.74 Å². The van der Waals surface area contributed by atoms with Gasteiger partial charge in [-0.05, 0) is 43.6 Å². The van der Waals surface area contributed by atoms with Gasteiger partial charge in [-0.3, -0.25) is 9.58 Å². The number of hydrogen-bond acceptors (Lipinski definition) is 3. The zero-order chi connectivity index (χ0) is 14.1. The fourth-order valence-corrected chi connectivity index (χ4v) is 3.59. The summed E-state index contributed by atoms with van der Waals surface area (Å²) >= 11 is 0. The molecule has 1 aliphatic heterocycles. The second-order valence-electron chi connectivity index (χ2n) is 7.34. The Morgan fingerprint density at radius 2 is 1.90 bits per heavy atom. The lowest BCUT2D eigenvalue weighted by atomic mass is 9.85. The minimum absolute atomic E-state index is 0.588. The lowest BCUT2D eigenvalue weighted by Gasteiger charge is -2.32. The third kappa shape index (κ3) is 3.49. The van der Waals surface area contributed by atoms with E-state index in [0.29, 0.717) is 5.92 Å². The van der Waals surface area contributed by atoms with E-state index in [-0.39, 0.29) is 0 Å². The molecule has 2 heterocycles. The highest BCUT2D eigenvalue weighted by molar-refractivity contribution is 5.02. The van der Waals surface area contributed by atoms with E-state index in [1.165, 1.54) is 50.9 Å². The summed E-state index contributed by atoms with van der Waals surface area (Å²) in [6, 6.07) is 2.18. The van der Waals surface area contributed by atoms with Gasteiger partial charge in [-0.15, -0.1) is 0 Å². The second kappa shape index (κ2) is 6.09. The molecule has 0 amide bonds. The van der Waals surface area contributed by atoms with Gasteiger partial charge in [0.15, 0.2) is 0 Å². The van der Waals surface area contributed by atoms with Crippen LogP contribution in [0.15, 0.2) is 12.3 Å². The monoisotopic (exact) mass is 289 g/mol. The first-order chi connectivity index (χ1) is 10.4. The van der Waals surface area contributed by atoms with E-state index < -0.39 is 0 Å². The molecule has 1 atom stereocenters. The molecule has 2 aliphatic carbocycles. The molecule has 21 heavy (non-hydrogen) atoms. The maximum Gasteiger partial charge on any atom is 0.0524 e. The maximum atomic E-state index is 5.97. The quantitative estimate of drug-likeness (QED) is 0.806. The number of rotatable bonds is 6. The van der Waals surface area contributed by atoms with Gasteiger partial charge in [0.25, 0.3) is 0 Å². The Kier molecular flexibility index (Phi) is 3.99. The van der Waals surface area contributed by atoms with Gasteiger partial charge in [0.05, 0.1) is 12.3 Å². The number of hydrogen-bond donors (Lipinski definition) is 0. The Hall–Kier alpha value is -0.870. The van der Waals surface area contributed by atoms with Crippen LogP contribution in [0.2, 0.25) is 0 Å². The van der Waals surface area contributed by atoms with Gasteiger partial charge >= 0.3 is 0 Å². The van der Waals surface area contributed by atoms with Crippen molar-refractivity contribution >= 4 is 0 Å². The lowest BCUT2D eigenvalue weighted by Crippen LogP contribution is -2.36. The molecule has 0 saturated heterocycles. The first kappa shape index (κ1) is 13.8. The third-order valence-corrected chi connectivity index (χ3v) is 5.28. The predicted molar refractivity (Wildman–Crippen MR) is 81.9 cm³/mol. The van der Waals surface area contributed by atoms with E-state index in [1.54, 1.807) is 0 Å². The van der Waals surface area contributed by atoms with Gasteiger partial charge < -0.3 is 4.74 Å². The Labute approximate surface area is 127 Å². The van der Waals surface area contributed by atoms with Crippen LogP contribution in [0.1, 0.15) is 37.8 Å². The van der Waals surface area contributed by atoms with Gasteiger partial charge in [0.2, 0.25) is 0 Å². The maximum absolute atomic E-state index is 5.97. The van der Waals surface area contributed by atoms with Gasteiger partial charge in [-0.25, -0.2) is 0 Å². The molecule has 0 N–H and O–H groups in total. The van der Waals surface area contributed by atoms with Gasteiger partial charge in [0, 0.05) is 44.9 Å². The van der Waals surface area contributed by atoms with Crippen molar-refractivity contribution in [2.24, 2.45) is 17.8 Å². The Morgan fingerprint density at radius 1 is 1.05 bits per heavy atom. The molecule has 0 radical (unpaired) electrons. The van der Waals surface area contributed by atoms with E-state index >= 15 is 0 Å². The molecule has 0 bridgehead atoms. The molecule has 2 fully saturated rings. The third-order valence-electron chi connectivity index (χ3n) is 5.28. The fourth-order valence-electron chi connectivity index (χ4n) is 3.59. The molecule has 0 aromatic carbocycles. The van der Waals surface area contributed by atoms with Crippen molar-refractivity contribution in [1.29, 1.82) is 0 Å². The highest BCUT2D eigenvalue weighted by Gasteiger charge is 2.27. The largest absolute Gasteiger partial charge is 0.381 e. The number of aromatic nitrogens is 2. The molecule has 4 rings (SSSR count). The second-order valence-corrected chi connectivity index (χ2v) is 7.34. The molecule has 1 aromatic heterocycles. The van der Waals surface area contributed by atoms with Crippen molar-refractivity contribution in [3.05, 3.63) is 18.0 Å². The fraction of sp³-hybridized carbons (Fsp3) is 0.824. The van der Waals surface area contributed by atoms with Crippen LogP contribution in [0.3, 0.4) is 0 Å². The lowest BCUT2D eigenvalue weighted by molar-refractivity contribution is 0.0645. The van der Waals surface area contributed by atoms with Gasteiger partial charge in [0.1, 0.15) is 0 Å². The van der Waals surface area contributed by atoms with Crippen molar-refractivity contribution in [3.8, 4) is 0 Å². The van der Waals surface area contributed by atoms with Crippen LogP contribution in [-0.2, 0) is 17.8 Å². The first-order valence-electron chi connectivity index (χ1n) is 8.67. The summed E-state index contributed by atoms with van der Waals surface area (Å²) < 4.78 is 8.17. The number of fused-ring (bicyclic) bond motifs is 1. The summed E-state index contributed by atoms with van der Waals surface area (Å²) in [7, 11) is 0. The minimum Gasteiger partial charge on any atom is -0.381 e. The van der Waals surface area contributed by atoms with Crippen LogP contribution in [0, 0.1) is 17.8 Å². The average molecular weight is 289 g/mol. The van der Waals surface area contributed by atoms with Crippen molar-refractivity contribution in [2.45, 2.75) is 45.2 Å². The van der Waals surface area contributed by atoms with Crippen molar-refractivity contribution in [3.63, 3.8) is 0 Å². The van der Waals surface area contributed by atoms with E-state index in [9.17, 15) is 0 Å². The number of nitrogens with zero attached hydrogens (tertiary/aromatic N) is 3. The average Bonchev–Trinajstić information content (AvgIpc) is 3.18. The van der Waals surface area contributed by atoms with Gasteiger partial charge in [-0.1, -0.05) is 6.42 Å². The molecule has 116 valence electrons. The molecular weight excluding hydrogens is 262 g/mol. The Morgan fingerprint density at radius 3 is 2.67 bits per heavy atom. The van der Waals surface area contributed by atoms with Crippen LogP contribution in [0.5, 0.6) is 0 Å². The molecular formula is C17H27N3O. The SMILES string of the molecule is c1cc2n(n1)CC(COCC1CC1)CN(CC1CCC1)C2. The molecule has 4 heteroatoms. The Bertz CT molecular complexity index is 464.